The van der Waals surface area contributed by atoms with Gasteiger partial charge in [-0.3, -0.25) is 0 Å². The van der Waals surface area contributed by atoms with Crippen LogP contribution < -0.4 is 10.1 Å². The lowest BCUT2D eigenvalue weighted by Gasteiger charge is -2.07. The molecule has 0 bridgehead atoms. The number of halogens is 2. The maximum absolute atomic E-state index is 13.0. The zero-order valence-corrected chi connectivity index (χ0v) is 15.6. The summed E-state index contributed by atoms with van der Waals surface area (Å²) in [5.74, 6) is 0.588. The van der Waals surface area contributed by atoms with Crippen molar-refractivity contribution in [3.8, 4) is 5.75 Å². The Morgan fingerprint density at radius 3 is 2.62 bits per heavy atom. The molecule has 0 saturated carbocycles. The Balaban J connectivity index is 1.64. The number of nitrogens with one attached hydrogen (secondary N) is 1. The largest absolute Gasteiger partial charge is 0.497 e. The number of rotatable bonds is 7. The van der Waals surface area contributed by atoms with E-state index in [-0.39, 0.29) is 5.82 Å². The van der Waals surface area contributed by atoms with E-state index in [2.05, 4.69) is 10.4 Å². The summed E-state index contributed by atoms with van der Waals surface area (Å²) in [7, 11) is 1.66. The van der Waals surface area contributed by atoms with E-state index in [1.807, 2.05) is 31.2 Å². The molecule has 4 nitrogen and oxygen atoms in total. The molecule has 3 aromatic rings. The fourth-order valence-corrected chi connectivity index (χ4v) is 3.07. The number of benzene rings is 2. The minimum atomic E-state index is -0.251. The molecule has 0 atom stereocenters. The highest BCUT2D eigenvalue weighted by Gasteiger charge is 2.13. The maximum atomic E-state index is 13.0. The van der Waals surface area contributed by atoms with Crippen LogP contribution >= 0.6 is 11.6 Å². The van der Waals surface area contributed by atoms with Crippen molar-refractivity contribution >= 4 is 11.6 Å². The lowest BCUT2D eigenvalue weighted by Crippen LogP contribution is -2.13. The van der Waals surface area contributed by atoms with Gasteiger partial charge in [0.15, 0.2) is 0 Å². The summed E-state index contributed by atoms with van der Waals surface area (Å²) < 4.78 is 20.0. The van der Waals surface area contributed by atoms with E-state index in [0.29, 0.717) is 24.8 Å². The standard InChI is InChI=1S/C20H21ClFN3O/c1-14-19(12-23-11-16-4-3-5-18(10-16)26-2)20(21)25(24-14)13-15-6-8-17(22)9-7-15/h3-10,23H,11-13H2,1-2H3. The fourth-order valence-electron chi connectivity index (χ4n) is 2.77. The molecule has 0 amide bonds. The third kappa shape index (κ3) is 4.42. The van der Waals surface area contributed by atoms with Gasteiger partial charge in [-0.05, 0) is 42.3 Å². The molecule has 0 aliphatic rings. The van der Waals surface area contributed by atoms with E-state index in [9.17, 15) is 4.39 Å². The monoisotopic (exact) mass is 373 g/mol. The second kappa shape index (κ2) is 8.34. The lowest BCUT2D eigenvalue weighted by molar-refractivity contribution is 0.414. The van der Waals surface area contributed by atoms with E-state index in [4.69, 9.17) is 16.3 Å². The third-order valence-electron chi connectivity index (χ3n) is 4.19. The van der Waals surface area contributed by atoms with Crippen LogP contribution in [0.4, 0.5) is 4.39 Å². The van der Waals surface area contributed by atoms with Gasteiger partial charge in [0.25, 0.3) is 0 Å². The van der Waals surface area contributed by atoms with Gasteiger partial charge in [0.1, 0.15) is 16.7 Å². The molecule has 3 rings (SSSR count). The zero-order chi connectivity index (χ0) is 18.5. The van der Waals surface area contributed by atoms with Crippen molar-refractivity contribution in [2.24, 2.45) is 0 Å². The predicted molar refractivity (Wildman–Crippen MR) is 101 cm³/mol. The molecule has 0 fully saturated rings. The number of nitrogens with zero attached hydrogens (tertiary/aromatic N) is 2. The van der Waals surface area contributed by atoms with Crippen LogP contribution in [0.1, 0.15) is 22.4 Å². The van der Waals surface area contributed by atoms with E-state index in [1.54, 1.807) is 23.9 Å². The van der Waals surface area contributed by atoms with Crippen molar-refractivity contribution in [2.75, 3.05) is 7.11 Å². The fraction of sp³-hybridized carbons (Fsp3) is 0.250. The number of ether oxygens (including phenoxy) is 1. The SMILES string of the molecule is COc1cccc(CNCc2c(C)nn(Cc3ccc(F)cc3)c2Cl)c1. The molecule has 0 aliphatic carbocycles. The minimum absolute atomic E-state index is 0.251. The van der Waals surface area contributed by atoms with Gasteiger partial charge >= 0.3 is 0 Å². The Kier molecular flexibility index (Phi) is 5.91. The number of methoxy groups -OCH3 is 1. The van der Waals surface area contributed by atoms with Gasteiger partial charge in [-0.15, -0.1) is 0 Å². The summed E-state index contributed by atoms with van der Waals surface area (Å²) in [6.45, 7) is 3.77. The molecule has 26 heavy (non-hydrogen) atoms. The lowest BCUT2D eigenvalue weighted by atomic mass is 10.2. The normalized spacial score (nSPS) is 10.9. The van der Waals surface area contributed by atoms with Crippen LogP contribution in [-0.2, 0) is 19.6 Å². The van der Waals surface area contributed by atoms with Crippen molar-refractivity contribution < 1.29 is 9.13 Å². The van der Waals surface area contributed by atoms with Crippen LogP contribution in [0.5, 0.6) is 5.75 Å². The van der Waals surface area contributed by atoms with Gasteiger partial charge in [-0.25, -0.2) is 9.07 Å². The number of hydrogen-bond donors (Lipinski definition) is 1. The summed E-state index contributed by atoms with van der Waals surface area (Å²) in [5.41, 5.74) is 3.94. The molecule has 0 unspecified atom stereocenters. The average Bonchev–Trinajstić information content (AvgIpc) is 2.91. The molecule has 136 valence electrons. The summed E-state index contributed by atoms with van der Waals surface area (Å²) >= 11 is 6.51. The van der Waals surface area contributed by atoms with Crippen molar-refractivity contribution in [2.45, 2.75) is 26.6 Å². The highest BCUT2D eigenvalue weighted by Crippen LogP contribution is 2.21. The Hall–Kier alpha value is -2.37. The molecule has 2 aromatic carbocycles. The highest BCUT2D eigenvalue weighted by atomic mass is 35.5. The Labute approximate surface area is 157 Å². The van der Waals surface area contributed by atoms with E-state index < -0.39 is 0 Å². The number of aromatic nitrogens is 2. The van der Waals surface area contributed by atoms with E-state index in [0.717, 1.165) is 28.1 Å². The summed E-state index contributed by atoms with van der Waals surface area (Å²) in [6, 6.07) is 14.3. The molecular formula is C20H21ClFN3O. The van der Waals surface area contributed by atoms with Crippen LogP contribution in [0.15, 0.2) is 48.5 Å². The molecule has 1 heterocycles. The van der Waals surface area contributed by atoms with Gasteiger partial charge in [0.05, 0.1) is 19.3 Å². The Bertz CT molecular complexity index is 877. The van der Waals surface area contributed by atoms with Crippen LogP contribution in [0.3, 0.4) is 0 Å². The van der Waals surface area contributed by atoms with Gasteiger partial charge in [-0.2, -0.15) is 5.10 Å². The van der Waals surface area contributed by atoms with Crippen molar-refractivity contribution in [1.29, 1.82) is 0 Å². The first-order chi connectivity index (χ1) is 12.6. The number of hydrogen-bond acceptors (Lipinski definition) is 3. The third-order valence-corrected chi connectivity index (χ3v) is 4.62. The first-order valence-corrected chi connectivity index (χ1v) is 8.74. The predicted octanol–water partition coefficient (Wildman–Crippen LogP) is 4.33. The first-order valence-electron chi connectivity index (χ1n) is 8.36. The highest BCUT2D eigenvalue weighted by molar-refractivity contribution is 6.30. The first kappa shape index (κ1) is 18.4. The van der Waals surface area contributed by atoms with Crippen molar-refractivity contribution in [3.05, 3.63) is 81.9 Å². The molecule has 1 N–H and O–H groups in total. The second-order valence-corrected chi connectivity index (χ2v) is 6.45. The molecule has 0 aliphatic heterocycles. The van der Waals surface area contributed by atoms with Crippen LogP contribution in [0.25, 0.3) is 0 Å². The second-order valence-electron chi connectivity index (χ2n) is 6.09. The van der Waals surface area contributed by atoms with Crippen molar-refractivity contribution in [1.82, 2.24) is 15.1 Å². The molecule has 0 spiro atoms. The molecule has 6 heteroatoms. The average molecular weight is 374 g/mol. The number of aryl methyl sites for hydroxylation is 1. The molecule has 0 radical (unpaired) electrons. The zero-order valence-electron chi connectivity index (χ0n) is 14.8. The molecule has 1 aromatic heterocycles. The summed E-state index contributed by atoms with van der Waals surface area (Å²) in [5, 5.41) is 8.51. The van der Waals surface area contributed by atoms with Crippen LogP contribution in [0.2, 0.25) is 5.15 Å². The minimum Gasteiger partial charge on any atom is -0.497 e. The van der Waals surface area contributed by atoms with E-state index in [1.165, 1.54) is 12.1 Å². The van der Waals surface area contributed by atoms with Crippen LogP contribution in [0, 0.1) is 12.7 Å². The van der Waals surface area contributed by atoms with E-state index >= 15 is 0 Å². The van der Waals surface area contributed by atoms with Crippen molar-refractivity contribution in [3.63, 3.8) is 0 Å². The van der Waals surface area contributed by atoms with Gasteiger partial charge in [-0.1, -0.05) is 35.9 Å². The Morgan fingerprint density at radius 2 is 1.88 bits per heavy atom. The topological polar surface area (TPSA) is 39.1 Å². The van der Waals surface area contributed by atoms with Gasteiger partial charge in [0, 0.05) is 18.7 Å². The summed E-state index contributed by atoms with van der Waals surface area (Å²) in [4.78, 5) is 0. The van der Waals surface area contributed by atoms with Crippen LogP contribution in [-0.4, -0.2) is 16.9 Å². The molecule has 0 saturated heterocycles. The molecular weight excluding hydrogens is 353 g/mol. The Morgan fingerprint density at radius 1 is 1.12 bits per heavy atom. The van der Waals surface area contributed by atoms with Gasteiger partial charge < -0.3 is 10.1 Å². The smallest absolute Gasteiger partial charge is 0.132 e. The quantitative estimate of drug-likeness (QED) is 0.670. The maximum Gasteiger partial charge on any atom is 0.132 e. The summed E-state index contributed by atoms with van der Waals surface area (Å²) in [6.07, 6.45) is 0. The van der Waals surface area contributed by atoms with Gasteiger partial charge in [0.2, 0.25) is 0 Å².